The van der Waals surface area contributed by atoms with Crippen LogP contribution in [0.5, 0.6) is 5.75 Å². The number of Topliss-reactive ketones (excluding diaryl/α,β-unsaturated/α-hetero) is 1. The van der Waals surface area contributed by atoms with Crippen LogP contribution in [-0.2, 0) is 12.8 Å². The molecular formula is C29H34O2. The van der Waals surface area contributed by atoms with E-state index in [0.29, 0.717) is 6.61 Å². The van der Waals surface area contributed by atoms with Crippen molar-refractivity contribution in [1.82, 2.24) is 0 Å². The van der Waals surface area contributed by atoms with Crippen LogP contribution in [0.1, 0.15) is 60.5 Å². The van der Waals surface area contributed by atoms with Gasteiger partial charge in [0, 0.05) is 11.5 Å². The summed E-state index contributed by atoms with van der Waals surface area (Å²) in [6.07, 6.45) is 6.94. The molecule has 0 saturated heterocycles. The molecule has 0 aliphatic carbocycles. The van der Waals surface area contributed by atoms with Gasteiger partial charge in [-0.15, -0.1) is 0 Å². The van der Waals surface area contributed by atoms with E-state index in [9.17, 15) is 4.79 Å². The number of ketones is 1. The van der Waals surface area contributed by atoms with E-state index in [0.717, 1.165) is 56.3 Å². The summed E-state index contributed by atoms with van der Waals surface area (Å²) >= 11 is 0. The molecule has 0 amide bonds. The van der Waals surface area contributed by atoms with Crippen molar-refractivity contribution < 1.29 is 9.53 Å². The third kappa shape index (κ3) is 7.71. The van der Waals surface area contributed by atoms with Crippen LogP contribution in [-0.4, -0.2) is 12.4 Å². The van der Waals surface area contributed by atoms with Gasteiger partial charge in [-0.3, -0.25) is 4.79 Å². The monoisotopic (exact) mass is 414 g/mol. The molecule has 0 heterocycles. The first-order chi connectivity index (χ1) is 15.3. The summed E-state index contributed by atoms with van der Waals surface area (Å²) in [4.78, 5) is 13.3. The van der Waals surface area contributed by atoms with Crippen molar-refractivity contribution in [1.29, 1.82) is 0 Å². The minimum atomic E-state index is 0.0647. The lowest BCUT2D eigenvalue weighted by molar-refractivity contribution is 0.0903. The zero-order chi connectivity index (χ0) is 21.7. The second-order valence-corrected chi connectivity index (χ2v) is 8.19. The average molecular weight is 415 g/mol. The maximum absolute atomic E-state index is 13.3. The second-order valence-electron chi connectivity index (χ2n) is 8.19. The fraction of sp³-hybridized carbons (Fsp3) is 0.345. The Morgan fingerprint density at radius 2 is 1.26 bits per heavy atom. The molecule has 0 fully saturated rings. The molecule has 3 aromatic carbocycles. The summed E-state index contributed by atoms with van der Waals surface area (Å²) in [5.41, 5.74) is 3.49. The van der Waals surface area contributed by atoms with Gasteiger partial charge in [-0.1, -0.05) is 67.6 Å². The minimum Gasteiger partial charge on any atom is -0.494 e. The zero-order valence-corrected chi connectivity index (χ0v) is 18.6. The summed E-state index contributed by atoms with van der Waals surface area (Å²) in [6, 6.07) is 28.8. The molecule has 162 valence electrons. The molecule has 0 N–H and O–H groups in total. The van der Waals surface area contributed by atoms with Crippen LogP contribution in [0.4, 0.5) is 0 Å². The topological polar surface area (TPSA) is 26.3 Å². The highest BCUT2D eigenvalue weighted by atomic mass is 16.5. The Morgan fingerprint density at radius 1 is 0.742 bits per heavy atom. The number of carbonyl (C=O) groups is 1. The van der Waals surface area contributed by atoms with E-state index in [-0.39, 0.29) is 11.7 Å². The van der Waals surface area contributed by atoms with Crippen molar-refractivity contribution in [2.45, 2.75) is 51.9 Å². The Kier molecular flexibility index (Phi) is 9.37. The molecule has 0 unspecified atom stereocenters. The standard InChI is InChI=1S/C29H34O2/c1-2-23-31-28-21-19-27(20-22-28)29(30)26(17-9-15-24-11-5-3-6-12-24)18-10-16-25-13-7-4-8-14-25/h3-8,11-14,19-22,26H,2,9-10,15-18,23H2,1H3. The van der Waals surface area contributed by atoms with Gasteiger partial charge in [0.2, 0.25) is 0 Å². The van der Waals surface area contributed by atoms with Crippen molar-refractivity contribution in [3.8, 4) is 5.75 Å². The van der Waals surface area contributed by atoms with Crippen LogP contribution < -0.4 is 4.74 Å². The van der Waals surface area contributed by atoms with Gasteiger partial charge >= 0.3 is 0 Å². The van der Waals surface area contributed by atoms with Crippen molar-refractivity contribution in [2.75, 3.05) is 6.61 Å². The Balaban J connectivity index is 1.60. The van der Waals surface area contributed by atoms with Crippen LogP contribution in [0.3, 0.4) is 0 Å². The SMILES string of the molecule is CCCOc1ccc(C(=O)C(CCCc2ccccc2)CCCc2ccccc2)cc1. The van der Waals surface area contributed by atoms with E-state index in [2.05, 4.69) is 55.5 Å². The summed E-state index contributed by atoms with van der Waals surface area (Å²) in [6.45, 7) is 2.79. The summed E-state index contributed by atoms with van der Waals surface area (Å²) < 4.78 is 5.67. The van der Waals surface area contributed by atoms with E-state index in [1.54, 1.807) is 0 Å². The molecule has 3 aromatic rings. The molecule has 0 aliphatic heterocycles. The van der Waals surface area contributed by atoms with Crippen LogP contribution in [0.2, 0.25) is 0 Å². The third-order valence-electron chi connectivity index (χ3n) is 5.70. The highest BCUT2D eigenvalue weighted by Gasteiger charge is 2.20. The van der Waals surface area contributed by atoms with Crippen LogP contribution in [0, 0.1) is 5.92 Å². The highest BCUT2D eigenvalue weighted by molar-refractivity contribution is 5.97. The minimum absolute atomic E-state index is 0.0647. The van der Waals surface area contributed by atoms with Crippen molar-refractivity contribution in [3.05, 3.63) is 102 Å². The van der Waals surface area contributed by atoms with Crippen LogP contribution >= 0.6 is 0 Å². The molecule has 2 heteroatoms. The van der Waals surface area contributed by atoms with Crippen LogP contribution in [0.25, 0.3) is 0 Å². The number of rotatable bonds is 13. The lowest BCUT2D eigenvalue weighted by Gasteiger charge is -2.17. The number of ether oxygens (including phenoxy) is 1. The van der Waals surface area contributed by atoms with E-state index < -0.39 is 0 Å². The van der Waals surface area contributed by atoms with Crippen molar-refractivity contribution in [2.24, 2.45) is 5.92 Å². The Hall–Kier alpha value is -2.87. The zero-order valence-electron chi connectivity index (χ0n) is 18.6. The van der Waals surface area contributed by atoms with Gasteiger partial charge in [0.05, 0.1) is 6.61 Å². The molecule has 0 aromatic heterocycles. The Bertz CT molecular complexity index is 840. The van der Waals surface area contributed by atoms with Gasteiger partial charge < -0.3 is 4.74 Å². The van der Waals surface area contributed by atoms with Gasteiger partial charge in [-0.25, -0.2) is 0 Å². The average Bonchev–Trinajstić information content (AvgIpc) is 2.83. The third-order valence-corrected chi connectivity index (χ3v) is 5.70. The lowest BCUT2D eigenvalue weighted by atomic mass is 9.87. The largest absolute Gasteiger partial charge is 0.494 e. The first-order valence-electron chi connectivity index (χ1n) is 11.6. The predicted octanol–water partition coefficient (Wildman–Crippen LogP) is 7.32. The fourth-order valence-corrected chi connectivity index (χ4v) is 3.97. The van der Waals surface area contributed by atoms with Gasteiger partial charge in [0.25, 0.3) is 0 Å². The Morgan fingerprint density at radius 3 is 1.74 bits per heavy atom. The summed E-state index contributed by atoms with van der Waals surface area (Å²) in [5, 5.41) is 0. The molecule has 0 spiro atoms. The molecule has 0 saturated carbocycles. The molecule has 0 atom stereocenters. The number of aryl methyl sites for hydroxylation is 2. The molecule has 3 rings (SSSR count). The maximum Gasteiger partial charge on any atom is 0.165 e. The molecule has 0 radical (unpaired) electrons. The molecule has 0 bridgehead atoms. The number of carbonyl (C=O) groups excluding carboxylic acids is 1. The highest BCUT2D eigenvalue weighted by Crippen LogP contribution is 2.24. The van der Waals surface area contributed by atoms with E-state index in [4.69, 9.17) is 4.74 Å². The molecule has 31 heavy (non-hydrogen) atoms. The van der Waals surface area contributed by atoms with E-state index in [1.807, 2.05) is 36.4 Å². The van der Waals surface area contributed by atoms with Gasteiger partial charge in [0.1, 0.15) is 5.75 Å². The number of hydrogen-bond acceptors (Lipinski definition) is 2. The molecule has 2 nitrogen and oxygen atoms in total. The molecular weight excluding hydrogens is 380 g/mol. The van der Waals surface area contributed by atoms with Gasteiger partial charge in [-0.05, 0) is 80.3 Å². The summed E-state index contributed by atoms with van der Waals surface area (Å²) in [5.74, 6) is 1.17. The predicted molar refractivity (Wildman–Crippen MR) is 129 cm³/mol. The van der Waals surface area contributed by atoms with Crippen LogP contribution in [0.15, 0.2) is 84.9 Å². The first-order valence-corrected chi connectivity index (χ1v) is 11.6. The molecule has 0 aliphatic rings. The summed E-state index contributed by atoms with van der Waals surface area (Å²) in [7, 11) is 0. The van der Waals surface area contributed by atoms with E-state index in [1.165, 1.54) is 11.1 Å². The normalized spacial score (nSPS) is 10.9. The quantitative estimate of drug-likeness (QED) is 0.274. The number of benzene rings is 3. The fourth-order valence-electron chi connectivity index (χ4n) is 3.97. The van der Waals surface area contributed by atoms with Gasteiger partial charge in [0.15, 0.2) is 5.78 Å². The van der Waals surface area contributed by atoms with Crippen molar-refractivity contribution in [3.63, 3.8) is 0 Å². The first kappa shape index (κ1) is 22.8. The Labute approximate surface area is 187 Å². The second kappa shape index (κ2) is 12.7. The van der Waals surface area contributed by atoms with Crippen molar-refractivity contribution >= 4 is 5.78 Å². The van der Waals surface area contributed by atoms with Gasteiger partial charge in [-0.2, -0.15) is 0 Å². The van der Waals surface area contributed by atoms with E-state index >= 15 is 0 Å². The smallest absolute Gasteiger partial charge is 0.165 e. The number of hydrogen-bond donors (Lipinski definition) is 0. The lowest BCUT2D eigenvalue weighted by Crippen LogP contribution is -2.16. The maximum atomic E-state index is 13.3.